The van der Waals surface area contributed by atoms with E-state index in [2.05, 4.69) is 45.0 Å². The van der Waals surface area contributed by atoms with Crippen LogP contribution in [0.4, 0.5) is 0 Å². The van der Waals surface area contributed by atoms with Gasteiger partial charge in [0.25, 0.3) is 0 Å². The molecule has 1 N–H and O–H groups in total. The van der Waals surface area contributed by atoms with E-state index in [4.69, 9.17) is 5.11 Å². The lowest BCUT2D eigenvalue weighted by Crippen LogP contribution is -2.50. The van der Waals surface area contributed by atoms with Gasteiger partial charge in [0.1, 0.15) is 6.42 Å². The normalized spacial score (nSPS) is 15.5. The van der Waals surface area contributed by atoms with Gasteiger partial charge in [0.05, 0.1) is 0 Å². The summed E-state index contributed by atoms with van der Waals surface area (Å²) in [5, 5.41) is 8.63. The maximum Gasteiger partial charge on any atom is 0.312 e. The van der Waals surface area contributed by atoms with Crippen LogP contribution in [-0.2, 0) is 21.4 Å². The van der Waals surface area contributed by atoms with Gasteiger partial charge in [-0.1, -0.05) is 45.0 Å². The molecule has 4 heteroatoms. The summed E-state index contributed by atoms with van der Waals surface area (Å²) in [6.07, 6.45) is 1.67. The van der Waals surface area contributed by atoms with Gasteiger partial charge in [-0.2, -0.15) is 0 Å². The predicted octanol–water partition coefficient (Wildman–Crippen LogP) is 2.85. The van der Waals surface area contributed by atoms with E-state index in [-0.39, 0.29) is 17.7 Å². The SMILES string of the molecule is CC(C)(C)c1ccccc1CCC1CN(C(=O)CC(=O)O)C1. The monoisotopic (exact) mass is 303 g/mol. The van der Waals surface area contributed by atoms with Crippen LogP contribution in [0.2, 0.25) is 0 Å². The molecule has 0 atom stereocenters. The summed E-state index contributed by atoms with van der Waals surface area (Å²) >= 11 is 0. The number of aryl methyl sites for hydroxylation is 1. The molecule has 120 valence electrons. The fourth-order valence-corrected chi connectivity index (χ4v) is 3.03. The zero-order valence-electron chi connectivity index (χ0n) is 13.6. The standard InChI is InChI=1S/C18H25NO3/c1-18(2,3)15-7-5-4-6-14(15)9-8-13-11-19(12-13)16(20)10-17(21)22/h4-7,13H,8-12H2,1-3H3,(H,21,22). The molecule has 1 aliphatic heterocycles. The smallest absolute Gasteiger partial charge is 0.312 e. The molecule has 4 nitrogen and oxygen atoms in total. The lowest BCUT2D eigenvalue weighted by Gasteiger charge is -2.39. The summed E-state index contributed by atoms with van der Waals surface area (Å²) in [6, 6.07) is 8.54. The number of nitrogens with zero attached hydrogens (tertiary/aromatic N) is 1. The molecule has 0 radical (unpaired) electrons. The Bertz CT molecular complexity index is 554. The summed E-state index contributed by atoms with van der Waals surface area (Å²) < 4.78 is 0. The minimum Gasteiger partial charge on any atom is -0.481 e. The van der Waals surface area contributed by atoms with Crippen LogP contribution in [0, 0.1) is 5.92 Å². The Balaban J connectivity index is 1.84. The zero-order valence-corrected chi connectivity index (χ0v) is 13.6. The molecule has 0 aromatic heterocycles. The molecule has 0 bridgehead atoms. The van der Waals surface area contributed by atoms with Crippen LogP contribution in [0.5, 0.6) is 0 Å². The van der Waals surface area contributed by atoms with E-state index in [9.17, 15) is 9.59 Å². The highest BCUT2D eigenvalue weighted by Crippen LogP contribution is 2.28. The number of rotatable bonds is 5. The van der Waals surface area contributed by atoms with Crippen LogP contribution in [-0.4, -0.2) is 35.0 Å². The van der Waals surface area contributed by atoms with E-state index >= 15 is 0 Å². The third-order valence-electron chi connectivity index (χ3n) is 4.26. The number of carboxylic acids is 1. The van der Waals surface area contributed by atoms with Gasteiger partial charge in [0, 0.05) is 13.1 Å². The second-order valence-corrected chi connectivity index (χ2v) is 7.18. The lowest BCUT2D eigenvalue weighted by molar-refractivity contribution is -0.147. The number of likely N-dealkylation sites (tertiary alicyclic amines) is 1. The number of hydrogen-bond acceptors (Lipinski definition) is 2. The van der Waals surface area contributed by atoms with Gasteiger partial charge in [-0.3, -0.25) is 9.59 Å². The van der Waals surface area contributed by atoms with Crippen LogP contribution >= 0.6 is 0 Å². The van der Waals surface area contributed by atoms with E-state index in [1.165, 1.54) is 11.1 Å². The first-order valence-corrected chi connectivity index (χ1v) is 7.85. The van der Waals surface area contributed by atoms with Crippen molar-refractivity contribution in [2.75, 3.05) is 13.1 Å². The molecule has 1 aromatic rings. The first-order valence-electron chi connectivity index (χ1n) is 7.85. The van der Waals surface area contributed by atoms with Crippen LogP contribution in [0.3, 0.4) is 0 Å². The van der Waals surface area contributed by atoms with Crippen molar-refractivity contribution < 1.29 is 14.7 Å². The first-order chi connectivity index (χ1) is 10.3. The highest BCUT2D eigenvalue weighted by atomic mass is 16.4. The van der Waals surface area contributed by atoms with Gasteiger partial charge in [-0.15, -0.1) is 0 Å². The summed E-state index contributed by atoms with van der Waals surface area (Å²) in [5.74, 6) is -0.822. The van der Waals surface area contributed by atoms with E-state index in [0.717, 1.165) is 12.8 Å². The molecule has 1 saturated heterocycles. The molecular formula is C18H25NO3. The molecule has 1 amide bonds. The van der Waals surface area contributed by atoms with Crippen LogP contribution in [0.25, 0.3) is 0 Å². The summed E-state index contributed by atoms with van der Waals surface area (Å²) in [5.41, 5.74) is 2.90. The third kappa shape index (κ3) is 4.09. The van der Waals surface area contributed by atoms with Crippen molar-refractivity contribution in [3.8, 4) is 0 Å². The number of carbonyl (C=O) groups excluding carboxylic acids is 1. The molecular weight excluding hydrogens is 278 g/mol. The van der Waals surface area contributed by atoms with Crippen molar-refractivity contribution in [3.63, 3.8) is 0 Å². The Labute approximate surface area is 132 Å². The summed E-state index contributed by atoms with van der Waals surface area (Å²) in [7, 11) is 0. The molecule has 1 aromatic carbocycles. The fourth-order valence-electron chi connectivity index (χ4n) is 3.03. The Kier molecular flexibility index (Phi) is 4.89. The molecule has 1 aliphatic rings. The topological polar surface area (TPSA) is 57.6 Å². The molecule has 22 heavy (non-hydrogen) atoms. The Morgan fingerprint density at radius 1 is 1.23 bits per heavy atom. The zero-order chi connectivity index (χ0) is 16.3. The quantitative estimate of drug-likeness (QED) is 0.851. The Morgan fingerprint density at radius 2 is 1.86 bits per heavy atom. The van der Waals surface area contributed by atoms with Crippen molar-refractivity contribution >= 4 is 11.9 Å². The number of hydrogen-bond donors (Lipinski definition) is 1. The van der Waals surface area contributed by atoms with Gasteiger partial charge < -0.3 is 10.0 Å². The van der Waals surface area contributed by atoms with Crippen molar-refractivity contribution in [3.05, 3.63) is 35.4 Å². The first kappa shape index (κ1) is 16.5. The van der Waals surface area contributed by atoms with Crippen molar-refractivity contribution in [1.29, 1.82) is 0 Å². The highest BCUT2D eigenvalue weighted by molar-refractivity contribution is 5.93. The second-order valence-electron chi connectivity index (χ2n) is 7.18. The molecule has 0 saturated carbocycles. The van der Waals surface area contributed by atoms with E-state index in [1.54, 1.807) is 4.90 Å². The number of carbonyl (C=O) groups is 2. The molecule has 2 rings (SSSR count). The van der Waals surface area contributed by atoms with Crippen LogP contribution in [0.15, 0.2) is 24.3 Å². The molecule has 0 aliphatic carbocycles. The van der Waals surface area contributed by atoms with Crippen molar-refractivity contribution in [2.24, 2.45) is 5.92 Å². The largest absolute Gasteiger partial charge is 0.481 e. The number of aliphatic carboxylic acids is 1. The third-order valence-corrected chi connectivity index (χ3v) is 4.26. The maximum atomic E-state index is 11.6. The fraction of sp³-hybridized carbons (Fsp3) is 0.556. The number of carboxylic acid groups (broad SMARTS) is 1. The number of amides is 1. The maximum absolute atomic E-state index is 11.6. The second kappa shape index (κ2) is 6.51. The predicted molar refractivity (Wildman–Crippen MR) is 85.8 cm³/mol. The minimum atomic E-state index is -1.05. The average Bonchev–Trinajstić information content (AvgIpc) is 2.35. The van der Waals surface area contributed by atoms with Gasteiger partial charge in [0.2, 0.25) is 5.91 Å². The molecule has 1 heterocycles. The van der Waals surface area contributed by atoms with Crippen molar-refractivity contribution in [1.82, 2.24) is 4.90 Å². The van der Waals surface area contributed by atoms with E-state index in [0.29, 0.717) is 19.0 Å². The Hall–Kier alpha value is -1.84. The van der Waals surface area contributed by atoms with Crippen LogP contribution in [0.1, 0.15) is 44.7 Å². The average molecular weight is 303 g/mol. The van der Waals surface area contributed by atoms with Gasteiger partial charge in [-0.05, 0) is 35.3 Å². The van der Waals surface area contributed by atoms with E-state index < -0.39 is 5.97 Å². The highest BCUT2D eigenvalue weighted by Gasteiger charge is 2.31. The van der Waals surface area contributed by atoms with Gasteiger partial charge in [-0.25, -0.2) is 0 Å². The lowest BCUT2D eigenvalue weighted by atomic mass is 9.81. The van der Waals surface area contributed by atoms with Gasteiger partial charge in [0.15, 0.2) is 0 Å². The number of benzene rings is 1. The minimum absolute atomic E-state index is 0.139. The van der Waals surface area contributed by atoms with Crippen LogP contribution < -0.4 is 0 Å². The Morgan fingerprint density at radius 3 is 2.45 bits per heavy atom. The van der Waals surface area contributed by atoms with E-state index in [1.807, 2.05) is 0 Å². The van der Waals surface area contributed by atoms with Crippen molar-refractivity contribution in [2.45, 2.75) is 45.4 Å². The summed E-state index contributed by atoms with van der Waals surface area (Å²) in [4.78, 5) is 23.8. The molecule has 0 unspecified atom stereocenters. The van der Waals surface area contributed by atoms with Gasteiger partial charge >= 0.3 is 5.97 Å². The summed E-state index contributed by atoms with van der Waals surface area (Å²) in [6.45, 7) is 8.07. The molecule has 1 fully saturated rings. The molecule has 0 spiro atoms.